The van der Waals surface area contributed by atoms with E-state index in [0.717, 1.165) is 55.6 Å². The third kappa shape index (κ3) is 6.79. The molecule has 44 heavy (non-hydrogen) atoms. The first kappa shape index (κ1) is 31.2. The average Bonchev–Trinajstić information content (AvgIpc) is 3.39. The van der Waals surface area contributed by atoms with Gasteiger partial charge in [-0.05, 0) is 58.9 Å². The monoisotopic (exact) mass is 771 g/mol. The normalized spacial score (nSPS) is 11.1. The molecule has 0 aliphatic heterocycles. The maximum Gasteiger partial charge on any atom is 0.123 e. The fourth-order valence-electron chi connectivity index (χ4n) is 5.25. The largest absolute Gasteiger partial charge is 0.500 e. The van der Waals surface area contributed by atoms with Gasteiger partial charge in [-0.3, -0.25) is 0 Å². The zero-order chi connectivity index (χ0) is 30.0. The topological polar surface area (TPSA) is 38.9 Å². The Hall–Kier alpha value is -4.22. The van der Waals surface area contributed by atoms with Crippen LogP contribution >= 0.6 is 0 Å². The van der Waals surface area contributed by atoms with Gasteiger partial charge in [-0.25, -0.2) is 4.39 Å². The van der Waals surface area contributed by atoms with Gasteiger partial charge in [-0.1, -0.05) is 73.1 Å². The summed E-state index contributed by atoms with van der Waals surface area (Å²) in [6, 6.07) is 38.9. The summed E-state index contributed by atoms with van der Waals surface area (Å²) in [4.78, 5) is 8.97. The molecule has 0 bridgehead atoms. The van der Waals surface area contributed by atoms with E-state index >= 15 is 0 Å². The van der Waals surface area contributed by atoms with Crippen LogP contribution in [-0.4, -0.2) is 18.0 Å². The number of hydrogen-bond acceptors (Lipinski definition) is 3. The first-order valence-corrected chi connectivity index (χ1v) is 17.8. The van der Waals surface area contributed by atoms with Gasteiger partial charge in [0.05, 0.1) is 13.7 Å². The van der Waals surface area contributed by atoms with E-state index in [0.29, 0.717) is 0 Å². The number of fused-ring (bicyclic) bond motifs is 3. The van der Waals surface area contributed by atoms with Crippen LogP contribution in [0.2, 0.25) is 19.6 Å². The molecule has 0 atom stereocenters. The third-order valence-electron chi connectivity index (χ3n) is 7.43. The molecule has 0 unspecified atom stereocenters. The molecule has 0 N–H and O–H groups in total. The molecule has 0 saturated heterocycles. The van der Waals surface area contributed by atoms with E-state index in [4.69, 9.17) is 4.42 Å². The third-order valence-corrected chi connectivity index (χ3v) is 9.57. The number of halogens is 1. The second-order valence-corrected chi connectivity index (χ2v) is 16.6. The fourth-order valence-corrected chi connectivity index (χ4v) is 6.96. The number of hydrogen-bond donors (Lipinski definition) is 0. The molecule has 0 aliphatic rings. The Morgan fingerprint density at radius 2 is 1.48 bits per heavy atom. The summed E-state index contributed by atoms with van der Waals surface area (Å²) in [6.45, 7) is 9.24. The van der Waals surface area contributed by atoms with Gasteiger partial charge >= 0.3 is 0 Å². The van der Waals surface area contributed by atoms with Crippen LogP contribution in [0.15, 0.2) is 120 Å². The van der Waals surface area contributed by atoms with E-state index in [1.54, 1.807) is 18.3 Å². The molecule has 4 aromatic carbocycles. The van der Waals surface area contributed by atoms with Crippen LogP contribution in [0, 0.1) is 24.9 Å². The van der Waals surface area contributed by atoms with Crippen molar-refractivity contribution in [2.24, 2.45) is 0 Å². The molecular formula is C38H31FIrN2OSi-2. The quantitative estimate of drug-likeness (QED) is 0.132. The number of pyridine rings is 2. The summed E-state index contributed by atoms with van der Waals surface area (Å²) >= 11 is 0. The van der Waals surface area contributed by atoms with Crippen molar-refractivity contribution in [2.75, 3.05) is 0 Å². The van der Waals surface area contributed by atoms with E-state index in [1.165, 1.54) is 22.9 Å². The summed E-state index contributed by atoms with van der Waals surface area (Å²) in [6.07, 6.45) is 3.83. The maximum absolute atomic E-state index is 13.1. The molecule has 3 heterocycles. The van der Waals surface area contributed by atoms with Gasteiger partial charge in [-0.15, -0.1) is 59.7 Å². The minimum absolute atomic E-state index is 0. The number of nitrogens with zero attached hydrogens (tertiary/aromatic N) is 2. The molecule has 7 aromatic rings. The summed E-state index contributed by atoms with van der Waals surface area (Å²) in [7, 11) is -1.27. The summed E-state index contributed by atoms with van der Waals surface area (Å²) < 4.78 is 19.1. The van der Waals surface area contributed by atoms with Gasteiger partial charge in [-0.2, -0.15) is 0 Å². The number of benzene rings is 4. The molecular weight excluding hydrogens is 740 g/mol. The summed E-state index contributed by atoms with van der Waals surface area (Å²) in [5, 5.41) is 3.51. The average molecular weight is 771 g/mol. The zero-order valence-electron chi connectivity index (χ0n) is 25.0. The molecule has 0 aliphatic carbocycles. The van der Waals surface area contributed by atoms with Crippen molar-refractivity contribution >= 4 is 35.2 Å². The van der Waals surface area contributed by atoms with Crippen molar-refractivity contribution in [3.8, 4) is 33.6 Å². The SMILES string of the molecule is Cc1cc(-c2[c-]cccc2)ncc1[Si](C)(C)C.Fc1ccc(-c2ccc3c(c2)oc2c[c-]c(-c4ccccn4)cc23)cc1.[Ir]. The van der Waals surface area contributed by atoms with Crippen LogP contribution in [0.4, 0.5) is 4.39 Å². The van der Waals surface area contributed by atoms with Gasteiger partial charge in [0.2, 0.25) is 0 Å². The van der Waals surface area contributed by atoms with Crippen LogP contribution in [-0.2, 0) is 20.1 Å². The number of furan rings is 1. The van der Waals surface area contributed by atoms with Gasteiger partial charge < -0.3 is 14.4 Å². The number of aryl methyl sites for hydroxylation is 1. The molecule has 0 spiro atoms. The van der Waals surface area contributed by atoms with Crippen LogP contribution in [0.25, 0.3) is 55.6 Å². The van der Waals surface area contributed by atoms with E-state index < -0.39 is 8.07 Å². The molecule has 1 radical (unpaired) electrons. The van der Waals surface area contributed by atoms with Crippen molar-refractivity contribution in [3.63, 3.8) is 0 Å². The van der Waals surface area contributed by atoms with Crippen molar-refractivity contribution in [2.45, 2.75) is 26.6 Å². The zero-order valence-corrected chi connectivity index (χ0v) is 28.4. The van der Waals surface area contributed by atoms with Gasteiger partial charge in [0.15, 0.2) is 0 Å². The Balaban J connectivity index is 0.000000187. The van der Waals surface area contributed by atoms with Crippen LogP contribution < -0.4 is 5.19 Å². The fraction of sp³-hybridized carbons (Fsp3) is 0.105. The summed E-state index contributed by atoms with van der Waals surface area (Å²) in [5.41, 5.74) is 8.79. The molecule has 0 saturated carbocycles. The summed E-state index contributed by atoms with van der Waals surface area (Å²) in [5.74, 6) is -0.240. The van der Waals surface area contributed by atoms with E-state index in [9.17, 15) is 4.39 Å². The van der Waals surface area contributed by atoms with Crippen molar-refractivity contribution in [3.05, 3.63) is 139 Å². The Labute approximate surface area is 272 Å². The van der Waals surface area contributed by atoms with E-state index in [-0.39, 0.29) is 25.9 Å². The van der Waals surface area contributed by atoms with Crippen molar-refractivity contribution in [1.82, 2.24) is 9.97 Å². The predicted octanol–water partition coefficient (Wildman–Crippen LogP) is 9.65. The minimum Gasteiger partial charge on any atom is -0.500 e. The van der Waals surface area contributed by atoms with Gasteiger partial charge in [0, 0.05) is 37.9 Å². The predicted molar refractivity (Wildman–Crippen MR) is 177 cm³/mol. The molecule has 0 amide bonds. The van der Waals surface area contributed by atoms with Crippen LogP contribution in [0.1, 0.15) is 5.56 Å². The molecule has 221 valence electrons. The molecule has 3 nitrogen and oxygen atoms in total. The Kier molecular flexibility index (Phi) is 9.35. The molecule has 7 rings (SSSR count). The smallest absolute Gasteiger partial charge is 0.123 e. The van der Waals surface area contributed by atoms with Crippen LogP contribution in [0.3, 0.4) is 0 Å². The second-order valence-electron chi connectivity index (χ2n) is 11.6. The van der Waals surface area contributed by atoms with Crippen LogP contribution in [0.5, 0.6) is 0 Å². The first-order valence-electron chi connectivity index (χ1n) is 14.3. The molecule has 3 aromatic heterocycles. The molecule has 6 heteroatoms. The van der Waals surface area contributed by atoms with Crippen molar-refractivity contribution in [1.29, 1.82) is 0 Å². The first-order chi connectivity index (χ1) is 20.8. The number of aromatic nitrogens is 2. The van der Waals surface area contributed by atoms with E-state index in [2.05, 4.69) is 73.1 Å². The number of rotatable bonds is 4. The Bertz CT molecular complexity index is 2020. The van der Waals surface area contributed by atoms with Gasteiger partial charge in [0.25, 0.3) is 0 Å². The second kappa shape index (κ2) is 13.2. The van der Waals surface area contributed by atoms with E-state index in [1.807, 2.05) is 60.7 Å². The van der Waals surface area contributed by atoms with Crippen molar-refractivity contribution < 1.29 is 28.9 Å². The molecule has 0 fully saturated rings. The Morgan fingerprint density at radius 3 is 2.16 bits per heavy atom. The maximum atomic E-state index is 13.1. The van der Waals surface area contributed by atoms with Gasteiger partial charge in [0.1, 0.15) is 11.4 Å². The minimum atomic E-state index is -1.27. The Morgan fingerprint density at radius 1 is 0.705 bits per heavy atom. The standard InChI is InChI=1S/C23H13FNO.C15H18NSi.Ir/c24-18-8-4-15(5-9-18)16-6-10-19-20-13-17(21-3-1-2-12-25-21)7-11-22(20)26-23(19)14-16;1-12-10-14(13-8-6-5-7-9-13)16-11-15(12)17(2,3)4;/h1-6,8-14H;5-8,10-11H,1-4H3;/q2*-1;.